The number of alkyl halides is 3. The van der Waals surface area contributed by atoms with E-state index in [9.17, 15) is 13.2 Å². The lowest BCUT2D eigenvalue weighted by molar-refractivity contribution is -0.146. The molecule has 17 heavy (non-hydrogen) atoms. The molecule has 0 atom stereocenters. The maximum absolute atomic E-state index is 12.5. The Labute approximate surface area is 97.7 Å². The average molecular weight is 263 g/mol. The summed E-state index contributed by atoms with van der Waals surface area (Å²) in [5, 5.41) is 14.2. The minimum absolute atomic E-state index is 0.171. The molecule has 1 aliphatic carbocycles. The Morgan fingerprint density at radius 1 is 1.35 bits per heavy atom. The van der Waals surface area contributed by atoms with Gasteiger partial charge in [0, 0.05) is 12.6 Å². The lowest BCUT2D eigenvalue weighted by atomic mass is 10.6. The summed E-state index contributed by atoms with van der Waals surface area (Å²) in [6.07, 6.45) is -2.27. The molecule has 1 N–H and O–H groups in total. The minimum Gasteiger partial charge on any atom is -0.308 e. The fourth-order valence-corrected chi connectivity index (χ4v) is 2.21. The first-order chi connectivity index (χ1) is 8.04. The highest BCUT2D eigenvalue weighted by Crippen LogP contribution is 2.29. The number of nitrogens with one attached hydrogen (secondary N) is 1. The van der Waals surface area contributed by atoms with Crippen molar-refractivity contribution in [1.29, 1.82) is 0 Å². The third kappa shape index (κ3) is 2.12. The van der Waals surface area contributed by atoms with Gasteiger partial charge in [0.15, 0.2) is 0 Å². The maximum atomic E-state index is 12.5. The van der Waals surface area contributed by atoms with Gasteiger partial charge >= 0.3 is 6.18 Å². The summed E-state index contributed by atoms with van der Waals surface area (Å²) in [4.78, 5) is 0.171. The zero-order chi connectivity index (χ0) is 12.0. The highest BCUT2D eigenvalue weighted by Gasteiger charge is 2.38. The van der Waals surface area contributed by atoms with E-state index < -0.39 is 12.0 Å². The van der Waals surface area contributed by atoms with E-state index in [1.54, 1.807) is 0 Å². The quantitative estimate of drug-likeness (QED) is 0.910. The molecule has 0 aromatic carbocycles. The van der Waals surface area contributed by atoms with E-state index in [1.807, 2.05) is 0 Å². The fourth-order valence-electron chi connectivity index (χ4n) is 1.42. The first-order valence-corrected chi connectivity index (χ1v) is 5.87. The van der Waals surface area contributed by atoms with E-state index in [0.717, 1.165) is 28.7 Å². The van der Waals surface area contributed by atoms with Crippen molar-refractivity contribution in [2.75, 3.05) is 0 Å². The van der Waals surface area contributed by atoms with E-state index in [0.29, 0.717) is 17.6 Å². The monoisotopic (exact) mass is 263 g/mol. The van der Waals surface area contributed by atoms with Crippen molar-refractivity contribution >= 4 is 16.3 Å². The van der Waals surface area contributed by atoms with Crippen LogP contribution in [0.3, 0.4) is 0 Å². The number of aromatic nitrogens is 4. The number of nitrogens with zero attached hydrogens (tertiary/aromatic N) is 4. The Balaban J connectivity index is 1.87. The summed E-state index contributed by atoms with van der Waals surface area (Å²) >= 11 is 1.12. The lowest BCUT2D eigenvalue weighted by Crippen LogP contribution is -2.16. The van der Waals surface area contributed by atoms with Gasteiger partial charge in [-0.1, -0.05) is 11.3 Å². The zero-order valence-electron chi connectivity index (χ0n) is 8.53. The minimum atomic E-state index is -4.52. The van der Waals surface area contributed by atoms with Gasteiger partial charge in [0.2, 0.25) is 4.96 Å². The molecule has 2 aromatic rings. The molecule has 0 unspecified atom stereocenters. The standard InChI is InChI=1S/C8H8F3N5S/c9-8(10,11)6-13-14-7-16(6)15-5(17-7)3-12-4-1-2-4/h4,12H,1-3H2. The van der Waals surface area contributed by atoms with Crippen LogP contribution in [0.4, 0.5) is 13.2 Å². The molecule has 92 valence electrons. The first-order valence-electron chi connectivity index (χ1n) is 5.06. The predicted molar refractivity (Wildman–Crippen MR) is 53.5 cm³/mol. The normalized spacial score (nSPS) is 16.9. The lowest BCUT2D eigenvalue weighted by Gasteiger charge is -2.00. The zero-order valence-corrected chi connectivity index (χ0v) is 9.35. The summed E-state index contributed by atoms with van der Waals surface area (Å²) in [5.41, 5.74) is 0. The number of fused-ring (bicyclic) bond motifs is 1. The molecule has 0 spiro atoms. The molecule has 1 aliphatic rings. The predicted octanol–water partition coefficient (Wildman–Crippen LogP) is 1.46. The van der Waals surface area contributed by atoms with Gasteiger partial charge in [-0.3, -0.25) is 0 Å². The SMILES string of the molecule is FC(F)(F)c1nnc2sc(CNC3CC3)nn12. The van der Waals surface area contributed by atoms with Crippen LogP contribution in [-0.4, -0.2) is 25.9 Å². The Bertz CT molecular complexity index is 541. The molecule has 2 aromatic heterocycles. The molecular weight excluding hydrogens is 255 g/mol. The van der Waals surface area contributed by atoms with Gasteiger partial charge in [0.05, 0.1) is 0 Å². The third-order valence-corrected chi connectivity index (χ3v) is 3.30. The molecule has 9 heteroatoms. The van der Waals surface area contributed by atoms with Gasteiger partial charge in [-0.15, -0.1) is 10.2 Å². The van der Waals surface area contributed by atoms with E-state index in [-0.39, 0.29) is 4.96 Å². The van der Waals surface area contributed by atoms with Crippen LogP contribution in [0.2, 0.25) is 0 Å². The second-order valence-corrected chi connectivity index (χ2v) is 4.91. The van der Waals surface area contributed by atoms with Crippen LogP contribution in [0.15, 0.2) is 0 Å². The highest BCUT2D eigenvalue weighted by molar-refractivity contribution is 7.16. The van der Waals surface area contributed by atoms with E-state index in [1.165, 1.54) is 0 Å². The molecular formula is C8H8F3N5S. The van der Waals surface area contributed by atoms with Crippen molar-refractivity contribution in [3.8, 4) is 0 Å². The topological polar surface area (TPSA) is 55.1 Å². The Kier molecular flexibility index (Phi) is 2.33. The average Bonchev–Trinajstić information content (AvgIpc) is 2.82. The molecule has 5 nitrogen and oxygen atoms in total. The summed E-state index contributed by atoms with van der Waals surface area (Å²) in [6, 6.07) is 0.492. The Morgan fingerprint density at radius 2 is 2.12 bits per heavy atom. The summed E-state index contributed by atoms with van der Waals surface area (Å²) < 4.78 is 38.3. The van der Waals surface area contributed by atoms with Crippen molar-refractivity contribution in [3.63, 3.8) is 0 Å². The largest absolute Gasteiger partial charge is 0.453 e. The van der Waals surface area contributed by atoms with E-state index in [2.05, 4.69) is 20.6 Å². The van der Waals surface area contributed by atoms with E-state index in [4.69, 9.17) is 0 Å². The fraction of sp³-hybridized carbons (Fsp3) is 0.625. The summed E-state index contributed by atoms with van der Waals surface area (Å²) in [6.45, 7) is 0.482. The number of halogens is 3. The van der Waals surface area contributed by atoms with Crippen molar-refractivity contribution in [1.82, 2.24) is 25.1 Å². The number of rotatable bonds is 3. The molecule has 0 radical (unpaired) electrons. The molecule has 0 saturated heterocycles. The number of hydrogen-bond donors (Lipinski definition) is 1. The Hall–Kier alpha value is -1.22. The van der Waals surface area contributed by atoms with Crippen molar-refractivity contribution in [2.45, 2.75) is 31.6 Å². The van der Waals surface area contributed by atoms with Crippen LogP contribution in [0.25, 0.3) is 4.96 Å². The number of hydrogen-bond acceptors (Lipinski definition) is 5. The van der Waals surface area contributed by atoms with Crippen molar-refractivity contribution in [3.05, 3.63) is 10.8 Å². The van der Waals surface area contributed by atoms with Crippen LogP contribution in [0.1, 0.15) is 23.7 Å². The van der Waals surface area contributed by atoms with Crippen molar-refractivity contribution in [2.24, 2.45) is 0 Å². The maximum Gasteiger partial charge on any atom is 0.453 e. The Morgan fingerprint density at radius 3 is 2.76 bits per heavy atom. The van der Waals surface area contributed by atoms with Gasteiger partial charge in [0.25, 0.3) is 5.82 Å². The highest BCUT2D eigenvalue weighted by atomic mass is 32.1. The van der Waals surface area contributed by atoms with Crippen LogP contribution in [-0.2, 0) is 12.7 Å². The molecule has 1 saturated carbocycles. The molecule has 1 fully saturated rings. The molecule has 0 aliphatic heterocycles. The van der Waals surface area contributed by atoms with Crippen LogP contribution < -0.4 is 5.32 Å². The first kappa shape index (κ1) is 10.9. The molecule has 0 amide bonds. The van der Waals surface area contributed by atoms with Gasteiger partial charge in [-0.2, -0.15) is 22.8 Å². The second-order valence-electron chi connectivity index (χ2n) is 3.87. The van der Waals surface area contributed by atoms with E-state index >= 15 is 0 Å². The second kappa shape index (κ2) is 3.64. The molecule has 2 heterocycles. The van der Waals surface area contributed by atoms with Gasteiger partial charge in [-0.05, 0) is 12.8 Å². The van der Waals surface area contributed by atoms with Gasteiger partial charge in [0.1, 0.15) is 5.01 Å². The van der Waals surface area contributed by atoms with Gasteiger partial charge in [-0.25, -0.2) is 0 Å². The smallest absolute Gasteiger partial charge is 0.308 e. The van der Waals surface area contributed by atoms with Crippen LogP contribution in [0, 0.1) is 0 Å². The van der Waals surface area contributed by atoms with Crippen LogP contribution >= 0.6 is 11.3 Å². The van der Waals surface area contributed by atoms with Crippen molar-refractivity contribution < 1.29 is 13.2 Å². The summed E-state index contributed by atoms with van der Waals surface area (Å²) in [7, 11) is 0. The molecule has 0 bridgehead atoms. The summed E-state index contributed by atoms with van der Waals surface area (Å²) in [5.74, 6) is -1.07. The molecule has 3 rings (SSSR count). The third-order valence-electron chi connectivity index (χ3n) is 2.41. The van der Waals surface area contributed by atoms with Gasteiger partial charge < -0.3 is 5.32 Å². The van der Waals surface area contributed by atoms with Crippen LogP contribution in [0.5, 0.6) is 0 Å².